The SMILES string of the molecule is COc1cccc(N2CCN(C(=O)C3CCC(CNC(=O)OC(C)(C)C)CC3)CC2)c1. The third kappa shape index (κ3) is 6.77. The Hall–Kier alpha value is -2.44. The summed E-state index contributed by atoms with van der Waals surface area (Å²) in [6.07, 6.45) is 3.37. The molecule has 1 aliphatic heterocycles. The Kier molecular flexibility index (Phi) is 7.68. The number of carbonyl (C=O) groups is 2. The zero-order valence-corrected chi connectivity index (χ0v) is 19.4. The summed E-state index contributed by atoms with van der Waals surface area (Å²) >= 11 is 0. The molecule has 31 heavy (non-hydrogen) atoms. The van der Waals surface area contributed by atoms with Crippen LogP contribution in [0, 0.1) is 11.8 Å². The number of nitrogens with one attached hydrogen (secondary N) is 1. The Morgan fingerprint density at radius 2 is 1.74 bits per heavy atom. The monoisotopic (exact) mass is 431 g/mol. The quantitative estimate of drug-likeness (QED) is 0.770. The van der Waals surface area contributed by atoms with E-state index in [4.69, 9.17) is 9.47 Å². The standard InChI is InChI=1S/C24H37N3O4/c1-24(2,3)31-23(29)25-17-18-8-10-19(11-9-18)22(28)27-14-12-26(13-15-27)20-6-5-7-21(16-20)30-4/h5-7,16,18-19H,8-15,17H2,1-4H3,(H,25,29). The minimum atomic E-state index is -0.481. The molecule has 0 atom stereocenters. The first-order chi connectivity index (χ1) is 14.7. The van der Waals surface area contributed by atoms with Gasteiger partial charge in [-0.25, -0.2) is 4.79 Å². The minimum Gasteiger partial charge on any atom is -0.497 e. The largest absolute Gasteiger partial charge is 0.497 e. The summed E-state index contributed by atoms with van der Waals surface area (Å²) in [4.78, 5) is 29.2. The number of piperazine rings is 1. The number of methoxy groups -OCH3 is 1. The van der Waals surface area contributed by atoms with E-state index in [0.29, 0.717) is 18.4 Å². The lowest BCUT2D eigenvalue weighted by Crippen LogP contribution is -2.50. The van der Waals surface area contributed by atoms with Gasteiger partial charge in [-0.15, -0.1) is 0 Å². The second-order valence-corrected chi connectivity index (χ2v) is 9.61. The number of benzene rings is 1. The number of carbonyl (C=O) groups excluding carboxylic acids is 2. The molecule has 0 aromatic heterocycles. The van der Waals surface area contributed by atoms with E-state index in [1.807, 2.05) is 43.9 Å². The van der Waals surface area contributed by atoms with E-state index in [9.17, 15) is 9.59 Å². The minimum absolute atomic E-state index is 0.112. The number of hydrogen-bond donors (Lipinski definition) is 1. The number of alkyl carbamates (subject to hydrolysis) is 1. The molecule has 7 heteroatoms. The molecule has 2 amide bonds. The first kappa shape index (κ1) is 23.2. The van der Waals surface area contributed by atoms with Crippen molar-refractivity contribution in [2.45, 2.75) is 52.1 Å². The molecular weight excluding hydrogens is 394 g/mol. The normalized spacial score (nSPS) is 22.1. The first-order valence-corrected chi connectivity index (χ1v) is 11.4. The smallest absolute Gasteiger partial charge is 0.407 e. The van der Waals surface area contributed by atoms with Gasteiger partial charge in [0.2, 0.25) is 5.91 Å². The van der Waals surface area contributed by atoms with Gasteiger partial charge in [0.25, 0.3) is 0 Å². The Morgan fingerprint density at radius 1 is 1.06 bits per heavy atom. The maximum atomic E-state index is 13.0. The number of anilines is 1. The van der Waals surface area contributed by atoms with Gasteiger partial charge in [-0.2, -0.15) is 0 Å². The molecule has 1 aromatic carbocycles. The fourth-order valence-corrected chi connectivity index (χ4v) is 4.41. The predicted molar refractivity (Wildman–Crippen MR) is 121 cm³/mol. The average Bonchev–Trinajstić information content (AvgIpc) is 2.76. The van der Waals surface area contributed by atoms with E-state index < -0.39 is 5.60 Å². The average molecular weight is 432 g/mol. The summed E-state index contributed by atoms with van der Waals surface area (Å²) in [6.45, 7) is 9.41. The van der Waals surface area contributed by atoms with E-state index in [1.54, 1.807) is 7.11 Å². The number of nitrogens with zero attached hydrogens (tertiary/aromatic N) is 2. The number of rotatable bonds is 5. The number of ether oxygens (including phenoxy) is 2. The second-order valence-electron chi connectivity index (χ2n) is 9.61. The van der Waals surface area contributed by atoms with Crippen LogP contribution in [-0.2, 0) is 9.53 Å². The van der Waals surface area contributed by atoms with Crippen molar-refractivity contribution in [3.05, 3.63) is 24.3 Å². The van der Waals surface area contributed by atoms with Gasteiger partial charge in [0, 0.05) is 50.4 Å². The van der Waals surface area contributed by atoms with E-state index in [1.165, 1.54) is 0 Å². The zero-order valence-electron chi connectivity index (χ0n) is 19.4. The number of amides is 2. The van der Waals surface area contributed by atoms with Crippen LogP contribution >= 0.6 is 0 Å². The van der Waals surface area contributed by atoms with Crippen LogP contribution in [0.1, 0.15) is 46.5 Å². The molecular formula is C24H37N3O4. The van der Waals surface area contributed by atoms with Gasteiger partial charge in [0.1, 0.15) is 11.4 Å². The molecule has 1 heterocycles. The van der Waals surface area contributed by atoms with Crippen molar-refractivity contribution in [3.8, 4) is 5.75 Å². The second kappa shape index (κ2) is 10.2. The third-order valence-corrected chi connectivity index (χ3v) is 6.14. The zero-order chi connectivity index (χ0) is 22.4. The Labute approximate surface area is 186 Å². The molecule has 1 aliphatic carbocycles. The highest BCUT2D eigenvalue weighted by Crippen LogP contribution is 2.30. The van der Waals surface area contributed by atoms with Crippen molar-refractivity contribution in [1.82, 2.24) is 10.2 Å². The fraction of sp³-hybridized carbons (Fsp3) is 0.667. The van der Waals surface area contributed by atoms with Crippen molar-refractivity contribution in [3.63, 3.8) is 0 Å². The van der Waals surface area contributed by atoms with Gasteiger partial charge in [0.15, 0.2) is 0 Å². The number of hydrogen-bond acceptors (Lipinski definition) is 5. The lowest BCUT2D eigenvalue weighted by Gasteiger charge is -2.39. The third-order valence-electron chi connectivity index (χ3n) is 6.14. The fourth-order valence-electron chi connectivity index (χ4n) is 4.41. The van der Waals surface area contributed by atoms with E-state index in [0.717, 1.165) is 63.3 Å². The van der Waals surface area contributed by atoms with E-state index in [-0.39, 0.29) is 12.0 Å². The maximum absolute atomic E-state index is 13.0. The van der Waals surface area contributed by atoms with Crippen molar-refractivity contribution in [1.29, 1.82) is 0 Å². The topological polar surface area (TPSA) is 71.1 Å². The molecule has 1 N–H and O–H groups in total. The summed E-state index contributed by atoms with van der Waals surface area (Å²) in [7, 11) is 1.68. The summed E-state index contributed by atoms with van der Waals surface area (Å²) in [5, 5.41) is 2.87. The highest BCUT2D eigenvalue weighted by atomic mass is 16.6. The van der Waals surface area contributed by atoms with Crippen LogP contribution in [0.2, 0.25) is 0 Å². The Morgan fingerprint density at radius 3 is 2.35 bits per heavy atom. The molecule has 7 nitrogen and oxygen atoms in total. The van der Waals surface area contributed by atoms with Gasteiger partial charge in [-0.05, 0) is 64.5 Å². The molecule has 0 radical (unpaired) electrons. The van der Waals surface area contributed by atoms with Crippen LogP contribution in [0.5, 0.6) is 5.75 Å². The predicted octanol–water partition coefficient (Wildman–Crippen LogP) is 3.67. The summed E-state index contributed by atoms with van der Waals surface area (Å²) in [6, 6.07) is 8.08. The Balaban J connectivity index is 1.40. The van der Waals surface area contributed by atoms with E-state index >= 15 is 0 Å². The van der Waals surface area contributed by atoms with Crippen LogP contribution < -0.4 is 15.0 Å². The molecule has 0 bridgehead atoms. The van der Waals surface area contributed by atoms with Crippen LogP contribution in [-0.4, -0.2) is 62.3 Å². The molecule has 172 valence electrons. The van der Waals surface area contributed by atoms with Crippen LogP contribution in [0.3, 0.4) is 0 Å². The van der Waals surface area contributed by atoms with Crippen molar-refractivity contribution >= 4 is 17.7 Å². The molecule has 2 fully saturated rings. The highest BCUT2D eigenvalue weighted by molar-refractivity contribution is 5.79. The van der Waals surface area contributed by atoms with Gasteiger partial charge < -0.3 is 24.6 Å². The highest BCUT2D eigenvalue weighted by Gasteiger charge is 2.31. The maximum Gasteiger partial charge on any atom is 0.407 e. The molecule has 1 saturated carbocycles. The molecule has 2 aliphatic rings. The van der Waals surface area contributed by atoms with Crippen molar-refractivity contribution in [2.24, 2.45) is 11.8 Å². The molecule has 0 unspecified atom stereocenters. The summed E-state index contributed by atoms with van der Waals surface area (Å²) in [5.41, 5.74) is 0.662. The lowest BCUT2D eigenvalue weighted by atomic mass is 9.81. The van der Waals surface area contributed by atoms with Crippen molar-refractivity contribution < 1.29 is 19.1 Å². The summed E-state index contributed by atoms with van der Waals surface area (Å²) in [5.74, 6) is 1.68. The van der Waals surface area contributed by atoms with Crippen LogP contribution in [0.25, 0.3) is 0 Å². The van der Waals surface area contributed by atoms with Gasteiger partial charge >= 0.3 is 6.09 Å². The van der Waals surface area contributed by atoms with Gasteiger partial charge in [0.05, 0.1) is 7.11 Å². The van der Waals surface area contributed by atoms with Crippen molar-refractivity contribution in [2.75, 3.05) is 44.7 Å². The lowest BCUT2D eigenvalue weighted by molar-refractivity contribution is -0.137. The Bertz CT molecular complexity index is 745. The van der Waals surface area contributed by atoms with Gasteiger partial charge in [-0.1, -0.05) is 6.07 Å². The molecule has 3 rings (SSSR count). The molecule has 1 aromatic rings. The van der Waals surface area contributed by atoms with Crippen LogP contribution in [0.15, 0.2) is 24.3 Å². The van der Waals surface area contributed by atoms with E-state index in [2.05, 4.69) is 16.3 Å². The molecule has 1 saturated heterocycles. The summed E-state index contributed by atoms with van der Waals surface area (Å²) < 4.78 is 10.6. The molecule has 0 spiro atoms. The first-order valence-electron chi connectivity index (χ1n) is 11.4. The van der Waals surface area contributed by atoms with Crippen LogP contribution in [0.4, 0.5) is 10.5 Å². The van der Waals surface area contributed by atoms with Gasteiger partial charge in [-0.3, -0.25) is 4.79 Å².